The monoisotopic (exact) mass is 391 g/mol. The maximum atomic E-state index is 12.4. The lowest BCUT2D eigenvalue weighted by Gasteiger charge is -2.20. The van der Waals surface area contributed by atoms with Crippen LogP contribution in [-0.4, -0.2) is 25.5 Å². The molecular formula is C20H26ClN3O3. The first-order valence-corrected chi connectivity index (χ1v) is 8.56. The minimum atomic E-state index is -0.374. The second-order valence-corrected chi connectivity index (χ2v) is 6.01. The fourth-order valence-electron chi connectivity index (χ4n) is 2.40. The van der Waals surface area contributed by atoms with Crippen LogP contribution >= 0.6 is 12.4 Å². The molecule has 6 nitrogen and oxygen atoms in total. The quantitative estimate of drug-likeness (QED) is 0.645. The number of carbonyl (C=O) groups excluding carboxylic acids is 2. The molecule has 7 heteroatoms. The van der Waals surface area contributed by atoms with Crippen molar-refractivity contribution in [3.05, 3.63) is 60.2 Å². The summed E-state index contributed by atoms with van der Waals surface area (Å²) < 4.78 is 5.49. The van der Waals surface area contributed by atoms with Crippen LogP contribution in [0.4, 0.5) is 5.69 Å². The Kier molecular flexibility index (Phi) is 9.33. The molecule has 0 spiro atoms. The topological polar surface area (TPSA) is 93.5 Å². The molecule has 2 atom stereocenters. The van der Waals surface area contributed by atoms with Crippen molar-refractivity contribution in [1.29, 1.82) is 0 Å². The summed E-state index contributed by atoms with van der Waals surface area (Å²) in [5.41, 5.74) is 7.79. The van der Waals surface area contributed by atoms with E-state index in [-0.39, 0.29) is 36.2 Å². The molecule has 0 heterocycles. The summed E-state index contributed by atoms with van der Waals surface area (Å²) in [6.45, 7) is 2.11. The number of halogens is 1. The molecule has 2 aromatic carbocycles. The molecule has 27 heavy (non-hydrogen) atoms. The lowest BCUT2D eigenvalue weighted by atomic mass is 9.94. The lowest BCUT2D eigenvalue weighted by Crippen LogP contribution is -2.30. The van der Waals surface area contributed by atoms with Crippen LogP contribution in [0.25, 0.3) is 0 Å². The van der Waals surface area contributed by atoms with E-state index < -0.39 is 0 Å². The highest BCUT2D eigenvalue weighted by atomic mass is 35.5. The van der Waals surface area contributed by atoms with Gasteiger partial charge in [0.05, 0.1) is 18.9 Å². The van der Waals surface area contributed by atoms with Crippen molar-refractivity contribution in [2.45, 2.75) is 19.4 Å². The zero-order valence-electron chi connectivity index (χ0n) is 15.5. The Morgan fingerprint density at radius 3 is 2.30 bits per heavy atom. The number of carbonyl (C=O) groups is 2. The maximum Gasteiger partial charge on any atom is 0.229 e. The molecule has 0 aromatic heterocycles. The summed E-state index contributed by atoms with van der Waals surface area (Å²) in [7, 11) is 1.59. The predicted molar refractivity (Wildman–Crippen MR) is 109 cm³/mol. The van der Waals surface area contributed by atoms with Crippen LogP contribution in [0, 0.1) is 5.92 Å². The summed E-state index contributed by atoms with van der Waals surface area (Å²) in [5, 5.41) is 5.40. The summed E-state index contributed by atoms with van der Waals surface area (Å²) in [6, 6.07) is 16.2. The van der Waals surface area contributed by atoms with Gasteiger partial charge in [-0.2, -0.15) is 0 Å². The summed E-state index contributed by atoms with van der Waals surface area (Å²) in [4.78, 5) is 23.6. The number of hydrogen-bond acceptors (Lipinski definition) is 4. The van der Waals surface area contributed by atoms with E-state index >= 15 is 0 Å². The van der Waals surface area contributed by atoms with Gasteiger partial charge in [0.2, 0.25) is 11.8 Å². The van der Waals surface area contributed by atoms with Crippen molar-refractivity contribution in [1.82, 2.24) is 5.32 Å². The van der Waals surface area contributed by atoms with E-state index in [1.165, 1.54) is 0 Å². The number of rotatable bonds is 8. The average molecular weight is 392 g/mol. The molecular weight excluding hydrogens is 366 g/mol. The maximum absolute atomic E-state index is 12.4. The zero-order chi connectivity index (χ0) is 18.9. The van der Waals surface area contributed by atoms with Crippen molar-refractivity contribution in [2.24, 2.45) is 11.7 Å². The van der Waals surface area contributed by atoms with Crippen LogP contribution in [0.5, 0.6) is 5.75 Å². The molecule has 0 bridgehead atoms. The Hall–Kier alpha value is -2.57. The third kappa shape index (κ3) is 6.92. The third-order valence-electron chi connectivity index (χ3n) is 4.14. The first-order chi connectivity index (χ1) is 12.5. The normalized spacial score (nSPS) is 12.3. The third-order valence-corrected chi connectivity index (χ3v) is 4.14. The lowest BCUT2D eigenvalue weighted by molar-refractivity contribution is -0.121. The molecule has 2 rings (SSSR count). The van der Waals surface area contributed by atoms with Gasteiger partial charge in [-0.3, -0.25) is 9.59 Å². The summed E-state index contributed by atoms with van der Waals surface area (Å²) in [6.07, 6.45) is 0.296. The van der Waals surface area contributed by atoms with Crippen LogP contribution in [0.15, 0.2) is 54.6 Å². The van der Waals surface area contributed by atoms with Crippen molar-refractivity contribution >= 4 is 29.9 Å². The van der Waals surface area contributed by atoms with Gasteiger partial charge in [0, 0.05) is 18.8 Å². The fourth-order valence-corrected chi connectivity index (χ4v) is 2.40. The molecule has 2 aromatic rings. The zero-order valence-corrected chi connectivity index (χ0v) is 16.3. The number of hydrogen-bond donors (Lipinski definition) is 3. The van der Waals surface area contributed by atoms with Gasteiger partial charge in [0.25, 0.3) is 0 Å². The first-order valence-electron chi connectivity index (χ1n) is 8.56. The molecule has 0 aliphatic carbocycles. The molecule has 146 valence electrons. The Bertz CT molecular complexity index is 723. The molecule has 0 radical (unpaired) electrons. The molecule has 0 aliphatic rings. The van der Waals surface area contributed by atoms with Crippen LogP contribution in [0.2, 0.25) is 0 Å². The molecule has 0 aliphatic heterocycles. The highest BCUT2D eigenvalue weighted by Gasteiger charge is 2.22. The molecule has 0 fully saturated rings. The van der Waals surface area contributed by atoms with Crippen molar-refractivity contribution in [3.8, 4) is 5.75 Å². The van der Waals surface area contributed by atoms with Gasteiger partial charge in [0.15, 0.2) is 0 Å². The minimum absolute atomic E-state index is 0. The van der Waals surface area contributed by atoms with Gasteiger partial charge in [0.1, 0.15) is 5.75 Å². The van der Waals surface area contributed by atoms with E-state index in [0.29, 0.717) is 24.5 Å². The van der Waals surface area contributed by atoms with Crippen LogP contribution in [0.3, 0.4) is 0 Å². The molecule has 0 saturated heterocycles. The second kappa shape index (κ2) is 11.2. The SMILES string of the molecule is CNC(=O)CCOc1ccc(NC(=O)C(C)C(N)c2ccccc2)cc1.Cl. The molecule has 0 saturated carbocycles. The second-order valence-electron chi connectivity index (χ2n) is 6.01. The highest BCUT2D eigenvalue weighted by Crippen LogP contribution is 2.22. The van der Waals surface area contributed by atoms with Crippen molar-refractivity contribution in [3.63, 3.8) is 0 Å². The number of amides is 2. The minimum Gasteiger partial charge on any atom is -0.493 e. The Morgan fingerprint density at radius 2 is 1.70 bits per heavy atom. The number of benzene rings is 2. The summed E-state index contributed by atoms with van der Waals surface area (Å²) in [5.74, 6) is 0.0501. The predicted octanol–water partition coefficient (Wildman–Crippen LogP) is 2.90. The van der Waals surface area contributed by atoms with E-state index in [1.54, 1.807) is 31.3 Å². The van der Waals surface area contributed by atoms with Gasteiger partial charge >= 0.3 is 0 Å². The smallest absolute Gasteiger partial charge is 0.229 e. The molecule has 2 amide bonds. The first kappa shape index (κ1) is 22.5. The van der Waals surface area contributed by atoms with E-state index in [9.17, 15) is 9.59 Å². The molecule has 4 N–H and O–H groups in total. The van der Waals surface area contributed by atoms with Gasteiger partial charge in [-0.1, -0.05) is 37.3 Å². The van der Waals surface area contributed by atoms with Gasteiger partial charge in [-0.15, -0.1) is 12.4 Å². The van der Waals surface area contributed by atoms with Gasteiger partial charge in [-0.25, -0.2) is 0 Å². The number of nitrogens with two attached hydrogens (primary N) is 1. The Balaban J connectivity index is 0.00000364. The van der Waals surface area contributed by atoms with Crippen LogP contribution in [-0.2, 0) is 9.59 Å². The average Bonchev–Trinajstić information content (AvgIpc) is 2.68. The standard InChI is InChI=1S/C20H25N3O3.ClH/c1-14(19(21)15-6-4-3-5-7-15)20(25)23-16-8-10-17(11-9-16)26-13-12-18(24)22-2;/h3-11,14,19H,12-13,21H2,1-2H3,(H,22,24)(H,23,25);1H. The largest absolute Gasteiger partial charge is 0.493 e. The number of nitrogens with one attached hydrogen (secondary N) is 2. The number of ether oxygens (including phenoxy) is 1. The van der Waals surface area contributed by atoms with Crippen LogP contribution in [0.1, 0.15) is 24.9 Å². The Labute approximate surface area is 165 Å². The van der Waals surface area contributed by atoms with Crippen molar-refractivity contribution in [2.75, 3.05) is 19.0 Å². The van der Waals surface area contributed by atoms with E-state index in [0.717, 1.165) is 5.56 Å². The van der Waals surface area contributed by atoms with E-state index in [1.807, 2.05) is 37.3 Å². The fraction of sp³-hybridized carbons (Fsp3) is 0.300. The number of anilines is 1. The Morgan fingerprint density at radius 1 is 1.07 bits per heavy atom. The van der Waals surface area contributed by atoms with Crippen LogP contribution < -0.4 is 21.1 Å². The highest BCUT2D eigenvalue weighted by molar-refractivity contribution is 5.92. The molecule has 2 unspecified atom stereocenters. The van der Waals surface area contributed by atoms with E-state index in [4.69, 9.17) is 10.5 Å². The van der Waals surface area contributed by atoms with E-state index in [2.05, 4.69) is 10.6 Å². The van der Waals surface area contributed by atoms with Crippen molar-refractivity contribution < 1.29 is 14.3 Å². The van der Waals surface area contributed by atoms with Gasteiger partial charge < -0.3 is 21.1 Å². The summed E-state index contributed by atoms with van der Waals surface area (Å²) >= 11 is 0. The van der Waals surface area contributed by atoms with Gasteiger partial charge in [-0.05, 0) is 29.8 Å².